The fourth-order valence-electron chi connectivity index (χ4n) is 2.63. The molecule has 1 aliphatic heterocycles. The van der Waals surface area contributed by atoms with Crippen molar-refractivity contribution in [3.8, 4) is 0 Å². The first kappa shape index (κ1) is 17.1. The van der Waals surface area contributed by atoms with Crippen molar-refractivity contribution in [3.05, 3.63) is 29.3 Å². The fraction of sp³-hybridized carbons (Fsp3) is 0.533. The van der Waals surface area contributed by atoms with Crippen LogP contribution in [0.3, 0.4) is 0 Å². The minimum atomic E-state index is -4.10. The zero-order valence-corrected chi connectivity index (χ0v) is 12.8. The van der Waals surface area contributed by atoms with E-state index in [0.717, 1.165) is 0 Å². The van der Waals surface area contributed by atoms with E-state index in [1.165, 1.54) is 0 Å². The Labute approximate surface area is 132 Å². The minimum Gasteiger partial charge on any atom is -0.324 e. The average Bonchev–Trinajstić information content (AvgIpc) is 2.42. The van der Waals surface area contributed by atoms with Crippen molar-refractivity contribution in [1.82, 2.24) is 4.90 Å². The highest BCUT2D eigenvalue weighted by molar-refractivity contribution is 6.33. The monoisotopic (exact) mass is 334 g/mol. The van der Waals surface area contributed by atoms with Gasteiger partial charge in [-0.3, -0.25) is 9.69 Å². The highest BCUT2D eigenvalue weighted by Crippen LogP contribution is 2.30. The van der Waals surface area contributed by atoms with Gasteiger partial charge in [0.2, 0.25) is 5.91 Å². The fourth-order valence-corrected chi connectivity index (χ4v) is 2.81. The van der Waals surface area contributed by atoms with Gasteiger partial charge in [0.05, 0.1) is 17.3 Å². The number of likely N-dealkylation sites (tertiary alicyclic amines) is 1. The number of hydrogen-bond donors (Lipinski definition) is 1. The van der Waals surface area contributed by atoms with Crippen LogP contribution in [0.25, 0.3) is 0 Å². The van der Waals surface area contributed by atoms with Crippen molar-refractivity contribution >= 4 is 23.2 Å². The van der Waals surface area contributed by atoms with E-state index in [9.17, 15) is 18.0 Å². The molecule has 22 heavy (non-hydrogen) atoms. The number of hydrogen-bond acceptors (Lipinski definition) is 2. The van der Waals surface area contributed by atoms with Crippen LogP contribution in [-0.4, -0.2) is 36.6 Å². The number of nitrogens with zero attached hydrogens (tertiary/aromatic N) is 1. The summed E-state index contributed by atoms with van der Waals surface area (Å²) in [5, 5.41) is 3.17. The SMILES string of the molecule is O=C(CN1CCC(CC(F)(F)F)CC1)Nc1ccccc1Cl. The highest BCUT2D eigenvalue weighted by Gasteiger charge is 2.33. The number of halogens is 4. The number of amides is 1. The first-order chi connectivity index (χ1) is 10.3. The van der Waals surface area contributed by atoms with Crippen LogP contribution in [0.15, 0.2) is 24.3 Å². The van der Waals surface area contributed by atoms with E-state index in [0.29, 0.717) is 36.6 Å². The molecule has 122 valence electrons. The van der Waals surface area contributed by atoms with Gasteiger partial charge < -0.3 is 5.32 Å². The Kier molecular flexibility index (Phi) is 5.69. The van der Waals surface area contributed by atoms with Crippen LogP contribution >= 0.6 is 11.6 Å². The second-order valence-corrected chi connectivity index (χ2v) is 5.97. The van der Waals surface area contributed by atoms with E-state index in [1.807, 2.05) is 4.90 Å². The summed E-state index contributed by atoms with van der Waals surface area (Å²) in [6.45, 7) is 1.19. The molecule has 0 aromatic heterocycles. The summed E-state index contributed by atoms with van der Waals surface area (Å²) in [5.41, 5.74) is 0.543. The zero-order valence-electron chi connectivity index (χ0n) is 12.0. The minimum absolute atomic E-state index is 0.171. The van der Waals surface area contributed by atoms with E-state index in [-0.39, 0.29) is 18.4 Å². The van der Waals surface area contributed by atoms with E-state index in [2.05, 4.69) is 5.32 Å². The van der Waals surface area contributed by atoms with Crippen LogP contribution in [0.2, 0.25) is 5.02 Å². The summed E-state index contributed by atoms with van der Waals surface area (Å²) in [5.74, 6) is -0.537. The maximum atomic E-state index is 12.3. The number of carbonyl (C=O) groups excluding carboxylic acids is 1. The molecule has 1 amide bonds. The van der Waals surface area contributed by atoms with E-state index in [4.69, 9.17) is 11.6 Å². The number of piperidine rings is 1. The van der Waals surface area contributed by atoms with Crippen LogP contribution in [0.5, 0.6) is 0 Å². The van der Waals surface area contributed by atoms with Gasteiger partial charge in [0, 0.05) is 6.42 Å². The molecule has 0 atom stereocenters. The summed E-state index contributed by atoms with van der Waals surface area (Å²) >= 11 is 5.96. The summed E-state index contributed by atoms with van der Waals surface area (Å²) in [7, 11) is 0. The topological polar surface area (TPSA) is 32.3 Å². The molecular weight excluding hydrogens is 317 g/mol. The molecule has 1 aromatic carbocycles. The van der Waals surface area contributed by atoms with Crippen molar-refractivity contribution in [2.75, 3.05) is 25.0 Å². The summed E-state index contributed by atoms with van der Waals surface area (Å²) < 4.78 is 37.0. The molecule has 0 aliphatic carbocycles. The molecule has 1 saturated heterocycles. The standard InChI is InChI=1S/C15H18ClF3N2O/c16-12-3-1-2-4-13(12)20-14(22)10-21-7-5-11(6-8-21)9-15(17,18)19/h1-4,11H,5-10H2,(H,20,22). The van der Waals surface area contributed by atoms with Crippen molar-refractivity contribution < 1.29 is 18.0 Å². The third-order valence-corrected chi connectivity index (χ3v) is 4.07. The molecule has 0 radical (unpaired) electrons. The number of alkyl halides is 3. The number of nitrogens with one attached hydrogen (secondary N) is 1. The lowest BCUT2D eigenvalue weighted by atomic mass is 9.93. The zero-order chi connectivity index (χ0) is 16.2. The molecule has 1 aromatic rings. The molecule has 7 heteroatoms. The average molecular weight is 335 g/mol. The van der Waals surface area contributed by atoms with Gasteiger partial charge >= 0.3 is 6.18 Å². The molecule has 0 saturated carbocycles. The third-order valence-electron chi connectivity index (χ3n) is 3.74. The van der Waals surface area contributed by atoms with Gasteiger partial charge in [-0.05, 0) is 44.0 Å². The number of anilines is 1. The Morgan fingerprint density at radius 2 is 1.91 bits per heavy atom. The predicted octanol–water partition coefficient (Wildman–Crippen LogP) is 3.94. The Bertz CT molecular complexity index is 514. The second kappa shape index (κ2) is 7.33. The molecule has 1 heterocycles. The maximum absolute atomic E-state index is 12.3. The summed E-state index contributed by atoms with van der Waals surface area (Å²) in [6, 6.07) is 6.92. The summed E-state index contributed by atoms with van der Waals surface area (Å²) in [4.78, 5) is 13.8. The molecule has 0 spiro atoms. The molecule has 1 aliphatic rings. The third kappa shape index (κ3) is 5.50. The van der Waals surface area contributed by atoms with Crippen molar-refractivity contribution in [1.29, 1.82) is 0 Å². The largest absolute Gasteiger partial charge is 0.389 e. The molecule has 1 fully saturated rings. The van der Waals surface area contributed by atoms with Crippen LogP contribution in [0.1, 0.15) is 19.3 Å². The Hall–Kier alpha value is -1.27. The first-order valence-corrected chi connectivity index (χ1v) is 7.55. The Morgan fingerprint density at radius 3 is 2.50 bits per heavy atom. The van der Waals surface area contributed by atoms with Gasteiger partial charge in [-0.2, -0.15) is 13.2 Å². The van der Waals surface area contributed by atoms with Crippen molar-refractivity contribution in [2.45, 2.75) is 25.4 Å². The van der Waals surface area contributed by atoms with Gasteiger partial charge in [0.25, 0.3) is 0 Å². The van der Waals surface area contributed by atoms with E-state index < -0.39 is 12.6 Å². The van der Waals surface area contributed by atoms with Gasteiger partial charge in [0.1, 0.15) is 0 Å². The molecule has 1 N–H and O–H groups in total. The lowest BCUT2D eigenvalue weighted by Gasteiger charge is -2.31. The molecular formula is C15H18ClF3N2O. The summed E-state index contributed by atoms with van der Waals surface area (Å²) in [6.07, 6.45) is -3.89. The van der Waals surface area contributed by atoms with Crippen LogP contribution in [0.4, 0.5) is 18.9 Å². The number of rotatable bonds is 4. The first-order valence-electron chi connectivity index (χ1n) is 7.17. The lowest BCUT2D eigenvalue weighted by molar-refractivity contribution is -0.147. The van der Waals surface area contributed by atoms with Crippen LogP contribution in [0, 0.1) is 5.92 Å². The van der Waals surface area contributed by atoms with Gasteiger partial charge in [0.15, 0.2) is 0 Å². The van der Waals surface area contributed by atoms with Crippen molar-refractivity contribution in [3.63, 3.8) is 0 Å². The lowest BCUT2D eigenvalue weighted by Crippen LogP contribution is -2.40. The van der Waals surface area contributed by atoms with Crippen LogP contribution in [-0.2, 0) is 4.79 Å². The molecule has 0 unspecified atom stereocenters. The normalized spacial score (nSPS) is 17.5. The molecule has 2 rings (SSSR count). The van der Waals surface area contributed by atoms with Gasteiger partial charge in [-0.15, -0.1) is 0 Å². The van der Waals surface area contributed by atoms with E-state index >= 15 is 0 Å². The predicted molar refractivity (Wildman–Crippen MR) is 79.9 cm³/mol. The molecule has 3 nitrogen and oxygen atoms in total. The second-order valence-electron chi connectivity index (χ2n) is 5.57. The van der Waals surface area contributed by atoms with Crippen molar-refractivity contribution in [2.24, 2.45) is 5.92 Å². The van der Waals surface area contributed by atoms with E-state index in [1.54, 1.807) is 24.3 Å². The van der Waals surface area contributed by atoms with Gasteiger partial charge in [-0.25, -0.2) is 0 Å². The quantitative estimate of drug-likeness (QED) is 0.904. The number of benzene rings is 1. The van der Waals surface area contributed by atoms with Crippen LogP contribution < -0.4 is 5.32 Å². The smallest absolute Gasteiger partial charge is 0.324 e. The number of carbonyl (C=O) groups is 1. The Morgan fingerprint density at radius 1 is 1.27 bits per heavy atom. The number of para-hydroxylation sites is 1. The maximum Gasteiger partial charge on any atom is 0.389 e. The van der Waals surface area contributed by atoms with Gasteiger partial charge in [-0.1, -0.05) is 23.7 Å². The Balaban J connectivity index is 1.76. The molecule has 0 bridgehead atoms. The highest BCUT2D eigenvalue weighted by atomic mass is 35.5.